The van der Waals surface area contributed by atoms with Crippen LogP contribution in [0, 0.1) is 6.92 Å². The highest BCUT2D eigenvalue weighted by atomic mass is 35.5. The lowest BCUT2D eigenvalue weighted by atomic mass is 9.99. The van der Waals surface area contributed by atoms with Gasteiger partial charge in [-0.15, -0.1) is 12.4 Å². The van der Waals surface area contributed by atoms with Crippen LogP contribution in [0.3, 0.4) is 0 Å². The molecule has 2 rings (SSSR count). The van der Waals surface area contributed by atoms with E-state index in [1.54, 1.807) is 13.0 Å². The van der Waals surface area contributed by atoms with Gasteiger partial charge in [-0.1, -0.05) is 31.8 Å². The lowest BCUT2D eigenvalue weighted by Crippen LogP contribution is -2.52. The molecule has 1 saturated heterocycles. The van der Waals surface area contributed by atoms with Gasteiger partial charge in [-0.05, 0) is 32.7 Å². The Morgan fingerprint density at radius 1 is 1.39 bits per heavy atom. The molecule has 1 aromatic rings. The first kappa shape index (κ1) is 24.4. The number of carbonyl (C=O) groups is 2. The number of carbonyl (C=O) groups excluding carboxylic acids is 1. The van der Waals surface area contributed by atoms with Gasteiger partial charge < -0.3 is 14.9 Å². The van der Waals surface area contributed by atoms with Crippen molar-refractivity contribution in [2.45, 2.75) is 65.0 Å². The Balaban J connectivity index is 0.00000392. The molecule has 9 heteroatoms. The van der Waals surface area contributed by atoms with Crippen molar-refractivity contribution in [2.24, 2.45) is 0 Å². The average Bonchev–Trinajstić information content (AvgIpc) is 3.05. The molecule has 1 atom stereocenters. The molecule has 1 aliphatic heterocycles. The van der Waals surface area contributed by atoms with Crippen molar-refractivity contribution in [1.82, 2.24) is 15.0 Å². The fourth-order valence-electron chi connectivity index (χ4n) is 3.75. The van der Waals surface area contributed by atoms with Crippen LogP contribution in [0.2, 0.25) is 0 Å². The van der Waals surface area contributed by atoms with Crippen molar-refractivity contribution in [3.05, 3.63) is 11.8 Å². The lowest BCUT2D eigenvalue weighted by Gasteiger charge is -2.40. The SMILES string of the molecule is CCCCC(C(=O)Nc1cc(C)on1)N1CCC(N(CC)CC(=O)O)CC1.Cl. The number of rotatable bonds is 10. The minimum Gasteiger partial charge on any atom is -0.480 e. The minimum absolute atomic E-state index is 0. The predicted octanol–water partition coefficient (Wildman–Crippen LogP) is 2.77. The molecule has 0 radical (unpaired) electrons. The lowest BCUT2D eigenvalue weighted by molar-refractivity contribution is -0.139. The van der Waals surface area contributed by atoms with Gasteiger partial charge in [-0.3, -0.25) is 19.4 Å². The van der Waals surface area contributed by atoms with Crippen LogP contribution in [0.1, 0.15) is 51.7 Å². The van der Waals surface area contributed by atoms with Crippen LogP contribution in [0.25, 0.3) is 0 Å². The second kappa shape index (κ2) is 12.0. The van der Waals surface area contributed by atoms with Gasteiger partial charge in [0.15, 0.2) is 5.82 Å². The molecular formula is C19H33ClN4O4. The third kappa shape index (κ3) is 7.07. The summed E-state index contributed by atoms with van der Waals surface area (Å²) in [7, 11) is 0. The van der Waals surface area contributed by atoms with E-state index in [0.29, 0.717) is 11.6 Å². The zero-order valence-corrected chi connectivity index (χ0v) is 17.8. The number of hydrogen-bond donors (Lipinski definition) is 2. The third-order valence-corrected chi connectivity index (χ3v) is 5.21. The highest BCUT2D eigenvalue weighted by Gasteiger charge is 2.31. The number of anilines is 1. The van der Waals surface area contributed by atoms with E-state index in [9.17, 15) is 9.59 Å². The molecule has 1 unspecified atom stereocenters. The monoisotopic (exact) mass is 416 g/mol. The molecule has 1 amide bonds. The smallest absolute Gasteiger partial charge is 0.317 e. The van der Waals surface area contributed by atoms with Crippen LogP contribution >= 0.6 is 12.4 Å². The van der Waals surface area contributed by atoms with Crippen LogP contribution < -0.4 is 5.32 Å². The zero-order chi connectivity index (χ0) is 19.8. The summed E-state index contributed by atoms with van der Waals surface area (Å²) in [5.74, 6) is 0.275. The molecule has 1 aromatic heterocycles. The minimum atomic E-state index is -0.789. The summed E-state index contributed by atoms with van der Waals surface area (Å²) in [6.45, 7) is 8.29. The topological polar surface area (TPSA) is 98.9 Å². The van der Waals surface area contributed by atoms with Gasteiger partial charge in [0.2, 0.25) is 5.91 Å². The van der Waals surface area contributed by atoms with Crippen LogP contribution in [0.4, 0.5) is 5.82 Å². The largest absolute Gasteiger partial charge is 0.480 e. The summed E-state index contributed by atoms with van der Waals surface area (Å²) < 4.78 is 5.02. The van der Waals surface area contributed by atoms with E-state index in [2.05, 4.69) is 22.3 Å². The number of unbranched alkanes of at least 4 members (excludes halogenated alkanes) is 1. The molecular weight excluding hydrogens is 384 g/mol. The average molecular weight is 417 g/mol. The van der Waals surface area contributed by atoms with Gasteiger partial charge in [0, 0.05) is 25.2 Å². The first-order valence-corrected chi connectivity index (χ1v) is 9.88. The third-order valence-electron chi connectivity index (χ3n) is 5.21. The quantitative estimate of drug-likeness (QED) is 0.604. The van der Waals surface area contributed by atoms with Crippen molar-refractivity contribution >= 4 is 30.1 Å². The fraction of sp³-hybridized carbons (Fsp3) is 0.737. The normalized spacial score (nSPS) is 16.6. The first-order chi connectivity index (χ1) is 12.9. The van der Waals surface area contributed by atoms with Gasteiger partial charge in [0.1, 0.15) is 5.76 Å². The number of likely N-dealkylation sites (N-methyl/N-ethyl adjacent to an activating group) is 1. The van der Waals surface area contributed by atoms with Gasteiger partial charge in [-0.2, -0.15) is 0 Å². The maximum Gasteiger partial charge on any atom is 0.317 e. The number of likely N-dealkylation sites (tertiary alicyclic amines) is 1. The maximum atomic E-state index is 12.8. The Bertz CT molecular complexity index is 617. The highest BCUT2D eigenvalue weighted by molar-refractivity contribution is 5.94. The summed E-state index contributed by atoms with van der Waals surface area (Å²) in [6, 6.07) is 1.78. The molecule has 2 heterocycles. The van der Waals surface area contributed by atoms with Crippen LogP contribution in [-0.4, -0.2) is 70.2 Å². The molecule has 0 aliphatic carbocycles. The molecule has 0 aromatic carbocycles. The van der Waals surface area contributed by atoms with E-state index in [0.717, 1.165) is 51.7 Å². The number of carboxylic acids is 1. The fourth-order valence-corrected chi connectivity index (χ4v) is 3.75. The summed E-state index contributed by atoms with van der Waals surface area (Å²) >= 11 is 0. The van der Waals surface area contributed by atoms with E-state index in [4.69, 9.17) is 9.63 Å². The Kier molecular flexibility index (Phi) is 10.5. The number of aryl methyl sites for hydroxylation is 1. The summed E-state index contributed by atoms with van der Waals surface area (Å²) in [5.41, 5.74) is 0. The van der Waals surface area contributed by atoms with Crippen molar-refractivity contribution in [3.63, 3.8) is 0 Å². The zero-order valence-electron chi connectivity index (χ0n) is 17.0. The first-order valence-electron chi connectivity index (χ1n) is 9.88. The van der Waals surface area contributed by atoms with Crippen molar-refractivity contribution in [2.75, 3.05) is 31.5 Å². The number of nitrogens with one attached hydrogen (secondary N) is 1. The van der Waals surface area contributed by atoms with Crippen molar-refractivity contribution in [3.8, 4) is 0 Å². The summed E-state index contributed by atoms with van der Waals surface area (Å²) in [4.78, 5) is 28.1. The number of nitrogens with zero attached hydrogens (tertiary/aromatic N) is 3. The molecule has 0 saturated carbocycles. The predicted molar refractivity (Wildman–Crippen MR) is 110 cm³/mol. The second-order valence-corrected chi connectivity index (χ2v) is 7.19. The highest BCUT2D eigenvalue weighted by Crippen LogP contribution is 2.21. The number of hydrogen-bond acceptors (Lipinski definition) is 6. The van der Waals surface area contributed by atoms with Gasteiger partial charge in [0.25, 0.3) is 0 Å². The van der Waals surface area contributed by atoms with E-state index in [1.807, 2.05) is 11.8 Å². The molecule has 0 bridgehead atoms. The molecule has 160 valence electrons. The summed E-state index contributed by atoms with van der Waals surface area (Å²) in [5, 5.41) is 15.8. The standard InChI is InChI=1S/C19H32N4O4.ClH/c1-4-6-7-16(19(26)20-17-12-14(3)27-21-17)23-10-8-15(9-11-23)22(5-2)13-18(24)25;/h12,15-16H,4-11,13H2,1-3H3,(H,24,25)(H,20,21,26);1H. The molecule has 8 nitrogen and oxygen atoms in total. The van der Waals surface area contributed by atoms with Crippen molar-refractivity contribution < 1.29 is 19.2 Å². The van der Waals surface area contributed by atoms with Gasteiger partial charge >= 0.3 is 5.97 Å². The van der Waals surface area contributed by atoms with Crippen LogP contribution in [0.5, 0.6) is 0 Å². The molecule has 2 N–H and O–H groups in total. The second-order valence-electron chi connectivity index (χ2n) is 7.19. The number of halogens is 1. The summed E-state index contributed by atoms with van der Waals surface area (Å²) in [6.07, 6.45) is 4.57. The van der Waals surface area contributed by atoms with E-state index < -0.39 is 5.97 Å². The number of carboxylic acid groups (broad SMARTS) is 1. The molecule has 28 heavy (non-hydrogen) atoms. The Labute approximate surface area is 173 Å². The van der Waals surface area contributed by atoms with Crippen LogP contribution in [0.15, 0.2) is 10.6 Å². The molecule has 1 fully saturated rings. The molecule has 0 spiro atoms. The van der Waals surface area contributed by atoms with Crippen LogP contribution in [-0.2, 0) is 9.59 Å². The number of aromatic nitrogens is 1. The van der Waals surface area contributed by atoms with E-state index >= 15 is 0 Å². The van der Waals surface area contributed by atoms with Gasteiger partial charge in [0.05, 0.1) is 12.6 Å². The molecule has 1 aliphatic rings. The Morgan fingerprint density at radius 3 is 2.57 bits per heavy atom. The number of piperidine rings is 1. The maximum absolute atomic E-state index is 12.8. The number of amides is 1. The van der Waals surface area contributed by atoms with E-state index in [-0.39, 0.29) is 36.9 Å². The Hall–Kier alpha value is -1.64. The van der Waals surface area contributed by atoms with E-state index in [1.165, 1.54) is 0 Å². The van der Waals surface area contributed by atoms with Crippen molar-refractivity contribution in [1.29, 1.82) is 0 Å². The Morgan fingerprint density at radius 2 is 2.07 bits per heavy atom. The number of aliphatic carboxylic acids is 1. The van der Waals surface area contributed by atoms with Gasteiger partial charge in [-0.25, -0.2) is 0 Å².